The van der Waals surface area contributed by atoms with Crippen molar-refractivity contribution in [1.82, 2.24) is 15.1 Å². The Morgan fingerprint density at radius 3 is 2.67 bits per heavy atom. The number of nitrogens with one attached hydrogen (secondary N) is 2. The molecule has 0 atom stereocenters. The second-order valence-corrected chi connectivity index (χ2v) is 6.17. The number of benzene rings is 1. The minimum Gasteiger partial charge on any atom is -0.496 e. The molecule has 0 saturated carbocycles. The molecule has 1 aromatic heterocycles. The third-order valence-corrected chi connectivity index (χ3v) is 4.23. The van der Waals surface area contributed by atoms with Crippen LogP contribution >= 0.6 is 0 Å². The molecule has 0 saturated heterocycles. The fourth-order valence-corrected chi connectivity index (χ4v) is 2.96. The lowest BCUT2D eigenvalue weighted by Gasteiger charge is -2.11. The second kappa shape index (κ2) is 6.15. The fraction of sp³-hybridized carbons (Fsp3) is 0.308. The average Bonchev–Trinajstić information content (AvgIpc) is 2.83. The van der Waals surface area contributed by atoms with E-state index in [2.05, 4.69) is 15.1 Å². The molecule has 0 bridgehead atoms. The predicted molar refractivity (Wildman–Crippen MR) is 79.8 cm³/mol. The Morgan fingerprint density at radius 1 is 1.33 bits per heavy atom. The summed E-state index contributed by atoms with van der Waals surface area (Å²) in [6.07, 6.45) is 1.66. The summed E-state index contributed by atoms with van der Waals surface area (Å²) in [6.45, 7) is 0.510. The number of aryl methyl sites for hydroxylation is 1. The lowest BCUT2D eigenvalue weighted by Crippen LogP contribution is -2.15. The molecular formula is C13H18N4O3S. The molecular weight excluding hydrogens is 292 g/mol. The molecule has 0 fully saturated rings. The Kier molecular flexibility index (Phi) is 4.49. The first-order valence-corrected chi connectivity index (χ1v) is 7.78. The van der Waals surface area contributed by atoms with Crippen LogP contribution in [0.3, 0.4) is 0 Å². The summed E-state index contributed by atoms with van der Waals surface area (Å²) < 4.78 is 33.9. The van der Waals surface area contributed by atoms with Gasteiger partial charge in [-0.3, -0.25) is 9.40 Å². The zero-order valence-corrected chi connectivity index (χ0v) is 12.9. The van der Waals surface area contributed by atoms with Crippen LogP contribution in [0.5, 0.6) is 5.75 Å². The van der Waals surface area contributed by atoms with Crippen molar-refractivity contribution in [3.05, 3.63) is 36.0 Å². The van der Waals surface area contributed by atoms with Crippen molar-refractivity contribution in [1.29, 1.82) is 0 Å². The van der Waals surface area contributed by atoms with Gasteiger partial charge < -0.3 is 10.1 Å². The second-order valence-electron chi connectivity index (χ2n) is 4.48. The number of sulfonamides is 1. The number of methoxy groups -OCH3 is 1. The van der Waals surface area contributed by atoms with E-state index < -0.39 is 10.0 Å². The third-order valence-electron chi connectivity index (χ3n) is 2.88. The Bertz CT molecular complexity index is 725. The quantitative estimate of drug-likeness (QED) is 0.830. The van der Waals surface area contributed by atoms with Crippen LogP contribution in [-0.2, 0) is 23.6 Å². The van der Waals surface area contributed by atoms with Crippen LogP contribution in [0.4, 0.5) is 5.82 Å². The maximum atomic E-state index is 12.3. The van der Waals surface area contributed by atoms with Gasteiger partial charge in [-0.25, -0.2) is 8.42 Å². The molecule has 0 spiro atoms. The van der Waals surface area contributed by atoms with Gasteiger partial charge in [0.25, 0.3) is 10.0 Å². The Labute approximate surface area is 124 Å². The Balaban J connectivity index is 2.33. The molecule has 0 aliphatic rings. The zero-order valence-electron chi connectivity index (χ0n) is 12.1. The van der Waals surface area contributed by atoms with Gasteiger partial charge in [0.15, 0.2) is 5.82 Å². The lowest BCUT2D eigenvalue weighted by molar-refractivity contribution is 0.408. The predicted octanol–water partition coefficient (Wildman–Crippen LogP) is 0.949. The highest BCUT2D eigenvalue weighted by atomic mass is 32.2. The molecule has 7 nitrogen and oxygen atoms in total. The first-order chi connectivity index (χ1) is 9.96. The molecule has 0 amide bonds. The lowest BCUT2D eigenvalue weighted by atomic mass is 10.2. The van der Waals surface area contributed by atoms with Crippen LogP contribution in [0.25, 0.3) is 0 Å². The molecule has 2 rings (SSSR count). The van der Waals surface area contributed by atoms with Crippen LogP contribution in [0.1, 0.15) is 5.56 Å². The molecule has 2 aromatic rings. The highest BCUT2D eigenvalue weighted by Gasteiger charge is 2.17. The van der Waals surface area contributed by atoms with E-state index in [0.29, 0.717) is 12.3 Å². The fourth-order valence-electron chi connectivity index (χ4n) is 1.92. The van der Waals surface area contributed by atoms with Gasteiger partial charge in [-0.15, -0.1) is 0 Å². The van der Waals surface area contributed by atoms with Crippen molar-refractivity contribution in [2.24, 2.45) is 7.05 Å². The van der Waals surface area contributed by atoms with Crippen LogP contribution in [0.2, 0.25) is 0 Å². The first-order valence-electron chi connectivity index (χ1n) is 6.30. The molecule has 114 valence electrons. The monoisotopic (exact) mass is 310 g/mol. The van der Waals surface area contributed by atoms with Gasteiger partial charge in [-0.1, -0.05) is 0 Å². The van der Waals surface area contributed by atoms with E-state index in [-0.39, 0.29) is 10.7 Å². The molecule has 0 radical (unpaired) electrons. The number of rotatable bonds is 6. The first kappa shape index (κ1) is 15.3. The van der Waals surface area contributed by atoms with Crippen molar-refractivity contribution >= 4 is 15.8 Å². The molecule has 1 heterocycles. The van der Waals surface area contributed by atoms with E-state index in [1.165, 1.54) is 10.7 Å². The van der Waals surface area contributed by atoms with Crippen LogP contribution < -0.4 is 14.8 Å². The zero-order chi connectivity index (χ0) is 15.5. The summed E-state index contributed by atoms with van der Waals surface area (Å²) in [7, 11) is 1.38. The van der Waals surface area contributed by atoms with E-state index in [1.54, 1.807) is 45.6 Å². The number of hydrogen-bond donors (Lipinski definition) is 2. The van der Waals surface area contributed by atoms with Crippen LogP contribution in [0, 0.1) is 0 Å². The maximum absolute atomic E-state index is 12.3. The summed E-state index contributed by atoms with van der Waals surface area (Å²) in [4.78, 5) is 0.166. The van der Waals surface area contributed by atoms with Gasteiger partial charge in [0.05, 0.1) is 12.0 Å². The normalized spacial score (nSPS) is 11.4. The van der Waals surface area contributed by atoms with Gasteiger partial charge in [0, 0.05) is 31.4 Å². The molecule has 0 unspecified atom stereocenters. The Hall–Kier alpha value is -2.06. The summed E-state index contributed by atoms with van der Waals surface area (Å²) in [5.74, 6) is 0.921. The molecule has 0 aliphatic carbocycles. The summed E-state index contributed by atoms with van der Waals surface area (Å²) >= 11 is 0. The van der Waals surface area contributed by atoms with Gasteiger partial charge in [0.1, 0.15) is 5.75 Å². The maximum Gasteiger partial charge on any atom is 0.263 e. The van der Waals surface area contributed by atoms with Crippen molar-refractivity contribution in [2.45, 2.75) is 11.4 Å². The minimum atomic E-state index is -3.67. The van der Waals surface area contributed by atoms with Gasteiger partial charge >= 0.3 is 0 Å². The highest BCUT2D eigenvalue weighted by molar-refractivity contribution is 7.92. The summed E-state index contributed by atoms with van der Waals surface area (Å²) in [5, 5.41) is 6.98. The third kappa shape index (κ3) is 3.53. The molecule has 8 heteroatoms. The van der Waals surface area contributed by atoms with Crippen LogP contribution in [-0.4, -0.2) is 32.4 Å². The van der Waals surface area contributed by atoms with Crippen molar-refractivity contribution < 1.29 is 13.2 Å². The van der Waals surface area contributed by atoms with E-state index in [4.69, 9.17) is 4.74 Å². The van der Waals surface area contributed by atoms with Crippen molar-refractivity contribution in [3.63, 3.8) is 0 Å². The molecule has 2 N–H and O–H groups in total. The van der Waals surface area contributed by atoms with Crippen molar-refractivity contribution in [3.8, 4) is 5.75 Å². The van der Waals surface area contributed by atoms with Crippen molar-refractivity contribution in [2.75, 3.05) is 18.9 Å². The van der Waals surface area contributed by atoms with Gasteiger partial charge in [0.2, 0.25) is 0 Å². The highest BCUT2D eigenvalue weighted by Crippen LogP contribution is 2.23. The number of anilines is 1. The van der Waals surface area contributed by atoms with E-state index in [1.807, 2.05) is 0 Å². The number of nitrogens with zero attached hydrogens (tertiary/aromatic N) is 2. The Morgan fingerprint density at radius 2 is 2.10 bits per heavy atom. The molecule has 21 heavy (non-hydrogen) atoms. The standard InChI is InChI=1S/C13H18N4O3S/c1-14-9-10-8-11(4-5-12(10)20-3)21(18,19)16-13-6-7-17(2)15-13/h4-8,14H,9H2,1-3H3,(H,15,16). The smallest absolute Gasteiger partial charge is 0.263 e. The molecule has 1 aromatic carbocycles. The van der Waals surface area contributed by atoms with Crippen LogP contribution in [0.15, 0.2) is 35.4 Å². The van der Waals surface area contributed by atoms with Gasteiger partial charge in [-0.05, 0) is 25.2 Å². The van der Waals surface area contributed by atoms with Gasteiger partial charge in [-0.2, -0.15) is 5.10 Å². The van der Waals surface area contributed by atoms with E-state index >= 15 is 0 Å². The number of aromatic nitrogens is 2. The number of hydrogen-bond acceptors (Lipinski definition) is 5. The molecule has 0 aliphatic heterocycles. The summed E-state index contributed by atoms with van der Waals surface area (Å²) in [5.41, 5.74) is 0.767. The topological polar surface area (TPSA) is 85.3 Å². The minimum absolute atomic E-state index is 0.166. The SMILES string of the molecule is CNCc1cc(S(=O)(=O)Nc2ccn(C)n2)ccc1OC. The van der Waals surface area contributed by atoms with E-state index in [9.17, 15) is 8.42 Å². The largest absolute Gasteiger partial charge is 0.496 e. The number of ether oxygens (including phenoxy) is 1. The average molecular weight is 310 g/mol. The summed E-state index contributed by atoms with van der Waals surface area (Å²) in [6, 6.07) is 6.32. The van der Waals surface area contributed by atoms with E-state index in [0.717, 1.165) is 5.56 Å².